The molecule has 0 aliphatic carbocycles. The van der Waals surface area contributed by atoms with Crippen LogP contribution < -0.4 is 5.56 Å². The third-order valence-electron chi connectivity index (χ3n) is 7.20. The molecule has 5 rings (SSSR count). The van der Waals surface area contributed by atoms with Crippen LogP contribution in [0.3, 0.4) is 0 Å². The summed E-state index contributed by atoms with van der Waals surface area (Å²) < 4.78 is 1.51. The quantitative estimate of drug-likeness (QED) is 0.662. The van der Waals surface area contributed by atoms with Crippen LogP contribution in [-0.2, 0) is 0 Å². The molecule has 1 atom stereocenters. The maximum absolute atomic E-state index is 13.1. The Hall–Kier alpha value is -3.00. The van der Waals surface area contributed by atoms with E-state index in [0.29, 0.717) is 29.7 Å². The van der Waals surface area contributed by atoms with E-state index in [4.69, 9.17) is 4.98 Å². The number of H-pyrrole nitrogens is 1. The third kappa shape index (κ3) is 4.19. The van der Waals surface area contributed by atoms with Gasteiger partial charge in [0, 0.05) is 42.5 Å². The number of fused-ring (bicyclic) bond motifs is 1. The lowest BCUT2D eigenvalue weighted by molar-refractivity contribution is 0.0732. The molecule has 3 aromatic rings. The van der Waals surface area contributed by atoms with E-state index >= 15 is 0 Å². The fraction of sp³-hybridized carbons (Fsp3) is 0.520. The second-order valence-electron chi connectivity index (χ2n) is 9.67. The first kappa shape index (κ1) is 21.8. The van der Waals surface area contributed by atoms with Crippen molar-refractivity contribution in [3.05, 3.63) is 63.5 Å². The number of hydrogen-bond donors (Lipinski definition) is 1. The van der Waals surface area contributed by atoms with Crippen molar-refractivity contribution in [2.75, 3.05) is 19.6 Å². The van der Waals surface area contributed by atoms with E-state index in [9.17, 15) is 9.59 Å². The van der Waals surface area contributed by atoms with Gasteiger partial charge in [0.1, 0.15) is 0 Å². The molecule has 2 aliphatic rings. The van der Waals surface area contributed by atoms with Gasteiger partial charge in [-0.05, 0) is 71.7 Å². The van der Waals surface area contributed by atoms with Gasteiger partial charge in [-0.3, -0.25) is 19.7 Å². The summed E-state index contributed by atoms with van der Waals surface area (Å²) in [5.74, 6) is 0.288. The van der Waals surface area contributed by atoms with Crippen LogP contribution in [-0.4, -0.2) is 61.0 Å². The lowest BCUT2D eigenvalue weighted by atomic mass is 9.92. The Labute approximate surface area is 193 Å². The Morgan fingerprint density at radius 2 is 1.91 bits per heavy atom. The molecule has 2 saturated heterocycles. The summed E-state index contributed by atoms with van der Waals surface area (Å²) in [5, 5.41) is 3.23. The number of hydrogen-bond acceptors (Lipinski definition) is 5. The maximum atomic E-state index is 13.1. The minimum atomic E-state index is -0.0994. The van der Waals surface area contributed by atoms with E-state index in [-0.39, 0.29) is 17.5 Å². The number of carbonyl (C=O) groups excluding carboxylic acids is 1. The molecule has 0 aromatic carbocycles. The van der Waals surface area contributed by atoms with E-state index in [1.54, 1.807) is 12.3 Å². The van der Waals surface area contributed by atoms with Crippen molar-refractivity contribution in [3.63, 3.8) is 0 Å². The summed E-state index contributed by atoms with van der Waals surface area (Å²) >= 11 is 0. The fourth-order valence-corrected chi connectivity index (χ4v) is 5.21. The highest BCUT2D eigenvalue weighted by atomic mass is 16.2. The number of nitrogens with one attached hydrogen (secondary N) is 1. The molecule has 0 saturated carbocycles. The largest absolute Gasteiger partial charge is 0.330 e. The van der Waals surface area contributed by atoms with Crippen LogP contribution >= 0.6 is 0 Å². The molecular weight excluding hydrogens is 416 g/mol. The van der Waals surface area contributed by atoms with E-state index in [1.165, 1.54) is 4.52 Å². The first-order valence-electron chi connectivity index (χ1n) is 12.0. The van der Waals surface area contributed by atoms with Crippen LogP contribution in [0.4, 0.5) is 0 Å². The van der Waals surface area contributed by atoms with Crippen LogP contribution in [0, 0.1) is 6.92 Å². The van der Waals surface area contributed by atoms with Crippen molar-refractivity contribution in [1.29, 1.82) is 0 Å². The molecule has 3 aromatic heterocycles. The van der Waals surface area contributed by atoms with Crippen molar-refractivity contribution in [3.8, 4) is 0 Å². The van der Waals surface area contributed by atoms with Crippen LogP contribution in [0.2, 0.25) is 0 Å². The predicted octanol–water partition coefficient (Wildman–Crippen LogP) is 3.29. The average Bonchev–Trinajstić information content (AvgIpc) is 3.46. The molecule has 0 unspecified atom stereocenters. The van der Waals surface area contributed by atoms with E-state index < -0.39 is 0 Å². The molecule has 0 bridgehead atoms. The molecule has 1 amide bonds. The Morgan fingerprint density at radius 1 is 1.12 bits per heavy atom. The number of aromatic nitrogens is 4. The molecule has 174 valence electrons. The van der Waals surface area contributed by atoms with Crippen molar-refractivity contribution >= 4 is 11.6 Å². The Kier molecular flexibility index (Phi) is 5.78. The summed E-state index contributed by atoms with van der Waals surface area (Å²) in [6, 6.07) is 7.76. The fourth-order valence-electron chi connectivity index (χ4n) is 5.21. The van der Waals surface area contributed by atoms with Crippen LogP contribution in [0.5, 0.6) is 0 Å². The number of pyridine rings is 1. The van der Waals surface area contributed by atoms with Gasteiger partial charge in [0.05, 0.1) is 23.0 Å². The molecule has 33 heavy (non-hydrogen) atoms. The zero-order chi connectivity index (χ0) is 23.1. The normalized spacial score (nSPS) is 20.2. The van der Waals surface area contributed by atoms with Gasteiger partial charge in [0.15, 0.2) is 5.65 Å². The van der Waals surface area contributed by atoms with Crippen molar-refractivity contribution in [2.45, 2.75) is 64.5 Å². The number of carbonyl (C=O) groups is 1. The lowest BCUT2D eigenvalue weighted by Crippen LogP contribution is -2.38. The smallest absolute Gasteiger partial charge is 0.272 e. The molecule has 2 aliphatic heterocycles. The number of likely N-dealkylation sites (tertiary alicyclic amines) is 2. The van der Waals surface area contributed by atoms with Gasteiger partial charge in [-0.2, -0.15) is 0 Å². The Morgan fingerprint density at radius 3 is 2.61 bits per heavy atom. The number of nitrogens with zero attached hydrogens (tertiary/aromatic N) is 5. The van der Waals surface area contributed by atoms with Crippen LogP contribution in [0.15, 0.2) is 35.3 Å². The molecule has 0 radical (unpaired) electrons. The van der Waals surface area contributed by atoms with Crippen molar-refractivity contribution < 1.29 is 4.79 Å². The standard InChI is InChI=1S/C25H32N6O2/c1-16(2)29-11-8-18(9-12-29)20-14-24(32)31-23(27-20)13-21(28-31)22-5-4-10-30(22)25(33)19-7-6-17(3)26-15-19/h6-7,13-16,18,22,28H,4-5,8-12H2,1-3H3/t22-/m1/s1. The first-order valence-corrected chi connectivity index (χ1v) is 12.0. The topological polar surface area (TPSA) is 86.6 Å². The van der Waals surface area contributed by atoms with Crippen molar-refractivity contribution in [2.24, 2.45) is 0 Å². The van der Waals surface area contributed by atoms with Gasteiger partial charge in [0.25, 0.3) is 11.5 Å². The lowest BCUT2D eigenvalue weighted by Gasteiger charge is -2.34. The molecule has 8 nitrogen and oxygen atoms in total. The van der Waals surface area contributed by atoms with Gasteiger partial charge in [-0.1, -0.05) is 0 Å². The summed E-state index contributed by atoms with van der Waals surface area (Å²) in [6.07, 6.45) is 5.46. The zero-order valence-electron chi connectivity index (χ0n) is 19.6. The SMILES string of the molecule is Cc1ccc(C(=O)N2CCC[C@@H]2c2cc3nc(C4CCN(C(C)C)CC4)cc(=O)n3[nH]2)cn1. The van der Waals surface area contributed by atoms with E-state index in [1.807, 2.05) is 30.0 Å². The van der Waals surface area contributed by atoms with Gasteiger partial charge >= 0.3 is 0 Å². The number of rotatable bonds is 4. The molecule has 8 heteroatoms. The number of amides is 1. The van der Waals surface area contributed by atoms with Crippen molar-refractivity contribution in [1.82, 2.24) is 29.4 Å². The summed E-state index contributed by atoms with van der Waals surface area (Å²) in [6.45, 7) is 9.12. The maximum Gasteiger partial charge on any atom is 0.272 e. The van der Waals surface area contributed by atoms with Gasteiger partial charge in [0.2, 0.25) is 0 Å². The molecule has 0 spiro atoms. The van der Waals surface area contributed by atoms with E-state index in [2.05, 4.69) is 28.8 Å². The minimum absolute atomic E-state index is 0.0263. The summed E-state index contributed by atoms with van der Waals surface area (Å²) in [4.78, 5) is 39.5. The molecule has 2 fully saturated rings. The second-order valence-corrected chi connectivity index (χ2v) is 9.67. The number of piperidine rings is 1. The molecular formula is C25H32N6O2. The minimum Gasteiger partial charge on any atom is -0.330 e. The monoisotopic (exact) mass is 448 g/mol. The number of aryl methyl sites for hydroxylation is 1. The predicted molar refractivity (Wildman–Crippen MR) is 126 cm³/mol. The first-order chi connectivity index (χ1) is 15.9. The molecule has 5 heterocycles. The van der Waals surface area contributed by atoms with Crippen LogP contribution in [0.1, 0.15) is 78.9 Å². The highest BCUT2D eigenvalue weighted by Crippen LogP contribution is 2.33. The highest BCUT2D eigenvalue weighted by molar-refractivity contribution is 5.94. The van der Waals surface area contributed by atoms with Crippen LogP contribution in [0.25, 0.3) is 5.65 Å². The summed E-state index contributed by atoms with van der Waals surface area (Å²) in [5.41, 5.74) is 3.77. The second kappa shape index (κ2) is 8.74. The Bertz CT molecular complexity index is 1200. The van der Waals surface area contributed by atoms with Gasteiger partial charge in [-0.25, -0.2) is 9.50 Å². The Balaban J connectivity index is 1.40. The number of aromatic amines is 1. The third-order valence-corrected chi connectivity index (χ3v) is 7.20. The van der Waals surface area contributed by atoms with E-state index in [0.717, 1.165) is 55.9 Å². The van der Waals surface area contributed by atoms with Gasteiger partial charge in [-0.15, -0.1) is 0 Å². The molecule has 1 N–H and O–H groups in total. The summed E-state index contributed by atoms with van der Waals surface area (Å²) in [7, 11) is 0. The van der Waals surface area contributed by atoms with Gasteiger partial charge < -0.3 is 9.80 Å². The zero-order valence-corrected chi connectivity index (χ0v) is 19.6. The average molecular weight is 449 g/mol. The highest BCUT2D eigenvalue weighted by Gasteiger charge is 2.32.